The first kappa shape index (κ1) is 11.8. The summed E-state index contributed by atoms with van der Waals surface area (Å²) in [4.78, 5) is 0.173. The Morgan fingerprint density at radius 2 is 2.07 bits per heavy atom. The largest absolute Gasteiger partial charge is 0.399 e. The quantitative estimate of drug-likeness (QED) is 0.660. The molecule has 5 nitrogen and oxygen atoms in total. The fourth-order valence-corrected chi connectivity index (χ4v) is 2.15. The second-order valence-corrected chi connectivity index (χ2v) is 4.85. The molecule has 0 spiro atoms. The van der Waals surface area contributed by atoms with Crippen LogP contribution in [0, 0.1) is 0 Å². The van der Waals surface area contributed by atoms with Crippen molar-refractivity contribution in [2.75, 3.05) is 24.6 Å². The van der Waals surface area contributed by atoms with Gasteiger partial charge in [0.05, 0.1) is 5.69 Å². The molecule has 0 amide bonds. The van der Waals surface area contributed by atoms with Crippen LogP contribution in [0.4, 0.5) is 11.4 Å². The lowest BCUT2D eigenvalue weighted by Crippen LogP contribution is -2.20. The van der Waals surface area contributed by atoms with Crippen LogP contribution in [-0.2, 0) is 10.0 Å². The number of anilines is 2. The maximum atomic E-state index is 11.6. The Hall–Kier alpha value is -1.27. The first-order chi connectivity index (χ1) is 7.01. The Morgan fingerprint density at radius 1 is 1.40 bits per heavy atom. The van der Waals surface area contributed by atoms with Gasteiger partial charge in [0.25, 0.3) is 0 Å². The lowest BCUT2D eigenvalue weighted by molar-refractivity contribution is 0.588. The molecule has 15 heavy (non-hydrogen) atoms. The van der Waals surface area contributed by atoms with Crippen LogP contribution in [0.25, 0.3) is 0 Å². The predicted molar refractivity (Wildman–Crippen MR) is 61.3 cm³/mol. The lowest BCUT2D eigenvalue weighted by atomic mass is 10.3. The van der Waals surface area contributed by atoms with Crippen molar-refractivity contribution in [2.45, 2.75) is 11.8 Å². The van der Waals surface area contributed by atoms with Crippen LogP contribution < -0.4 is 15.8 Å². The number of rotatable bonds is 4. The summed E-state index contributed by atoms with van der Waals surface area (Å²) in [6.45, 7) is 2.54. The molecule has 6 heteroatoms. The number of sulfonamides is 1. The Kier molecular flexibility index (Phi) is 3.54. The number of hydrogen-bond acceptors (Lipinski definition) is 4. The van der Waals surface area contributed by atoms with Crippen molar-refractivity contribution in [2.24, 2.45) is 0 Å². The second-order valence-electron chi connectivity index (χ2n) is 2.99. The third-order valence-electron chi connectivity index (χ3n) is 1.93. The van der Waals surface area contributed by atoms with E-state index in [1.807, 2.05) is 6.92 Å². The zero-order chi connectivity index (χ0) is 11.5. The maximum Gasteiger partial charge on any atom is 0.242 e. The van der Waals surface area contributed by atoms with Gasteiger partial charge in [-0.15, -0.1) is 0 Å². The summed E-state index contributed by atoms with van der Waals surface area (Å²) < 4.78 is 25.5. The van der Waals surface area contributed by atoms with Gasteiger partial charge < -0.3 is 11.1 Å². The molecule has 1 aromatic carbocycles. The molecule has 0 bridgehead atoms. The third-order valence-corrected chi connectivity index (χ3v) is 3.39. The topological polar surface area (TPSA) is 84.2 Å². The average molecular weight is 229 g/mol. The smallest absolute Gasteiger partial charge is 0.242 e. The van der Waals surface area contributed by atoms with Gasteiger partial charge in [-0.05, 0) is 32.2 Å². The molecule has 84 valence electrons. The molecular formula is C9H15N3O2S. The van der Waals surface area contributed by atoms with Crippen molar-refractivity contribution < 1.29 is 8.42 Å². The van der Waals surface area contributed by atoms with E-state index in [1.165, 1.54) is 13.1 Å². The molecule has 0 heterocycles. The summed E-state index contributed by atoms with van der Waals surface area (Å²) in [5.41, 5.74) is 6.53. The van der Waals surface area contributed by atoms with E-state index in [0.717, 1.165) is 0 Å². The number of hydrogen-bond donors (Lipinski definition) is 3. The molecule has 1 rings (SSSR count). The summed E-state index contributed by atoms with van der Waals surface area (Å²) >= 11 is 0. The molecule has 0 fully saturated rings. The molecule has 0 radical (unpaired) electrons. The fraction of sp³-hybridized carbons (Fsp3) is 0.333. The zero-order valence-corrected chi connectivity index (χ0v) is 9.56. The highest BCUT2D eigenvalue weighted by atomic mass is 32.2. The van der Waals surface area contributed by atoms with Crippen LogP contribution in [-0.4, -0.2) is 22.0 Å². The number of nitrogen functional groups attached to an aromatic ring is 1. The molecule has 0 aliphatic carbocycles. The molecule has 0 atom stereocenters. The van der Waals surface area contributed by atoms with Gasteiger partial charge in [0, 0.05) is 12.2 Å². The van der Waals surface area contributed by atoms with Crippen molar-refractivity contribution in [3.05, 3.63) is 18.2 Å². The minimum atomic E-state index is -3.47. The van der Waals surface area contributed by atoms with E-state index in [2.05, 4.69) is 10.0 Å². The summed E-state index contributed by atoms with van der Waals surface area (Å²) in [5, 5.41) is 2.97. The van der Waals surface area contributed by atoms with E-state index in [9.17, 15) is 8.42 Å². The SMILES string of the molecule is CCNc1ccc(N)cc1S(=O)(=O)NC. The third kappa shape index (κ3) is 2.60. The zero-order valence-electron chi connectivity index (χ0n) is 8.74. The second kappa shape index (κ2) is 4.50. The van der Waals surface area contributed by atoms with Crippen molar-refractivity contribution in [3.8, 4) is 0 Å². The monoisotopic (exact) mass is 229 g/mol. The highest BCUT2D eigenvalue weighted by Crippen LogP contribution is 2.23. The fourth-order valence-electron chi connectivity index (χ4n) is 1.21. The van der Waals surface area contributed by atoms with Gasteiger partial charge in [-0.2, -0.15) is 0 Å². The van der Waals surface area contributed by atoms with Crippen LogP contribution in [0.1, 0.15) is 6.92 Å². The maximum absolute atomic E-state index is 11.6. The standard InChI is InChI=1S/C9H15N3O2S/c1-3-12-8-5-4-7(10)6-9(8)15(13,14)11-2/h4-6,11-12H,3,10H2,1-2H3. The van der Waals surface area contributed by atoms with Crippen LogP contribution in [0.3, 0.4) is 0 Å². The van der Waals surface area contributed by atoms with E-state index in [0.29, 0.717) is 17.9 Å². The van der Waals surface area contributed by atoms with Gasteiger partial charge in [-0.25, -0.2) is 13.1 Å². The lowest BCUT2D eigenvalue weighted by Gasteiger charge is -2.11. The van der Waals surface area contributed by atoms with E-state index < -0.39 is 10.0 Å². The van der Waals surface area contributed by atoms with Crippen LogP contribution in [0.5, 0.6) is 0 Å². The summed E-state index contributed by atoms with van der Waals surface area (Å²) in [7, 11) is -2.10. The van der Waals surface area contributed by atoms with E-state index >= 15 is 0 Å². The average Bonchev–Trinajstić information content (AvgIpc) is 2.21. The molecule has 0 aliphatic rings. The summed E-state index contributed by atoms with van der Waals surface area (Å²) in [5.74, 6) is 0. The first-order valence-corrected chi connectivity index (χ1v) is 6.06. The van der Waals surface area contributed by atoms with Gasteiger partial charge in [-0.3, -0.25) is 0 Å². The molecule has 4 N–H and O–H groups in total. The minimum Gasteiger partial charge on any atom is -0.399 e. The molecule has 0 unspecified atom stereocenters. The molecule has 0 aliphatic heterocycles. The summed E-state index contributed by atoms with van der Waals surface area (Å²) in [6, 6.07) is 4.75. The minimum absolute atomic E-state index is 0.173. The Labute approximate surface area is 89.7 Å². The normalized spacial score (nSPS) is 11.3. The summed E-state index contributed by atoms with van der Waals surface area (Å²) in [6.07, 6.45) is 0. The van der Waals surface area contributed by atoms with Crippen molar-refractivity contribution in [1.29, 1.82) is 0 Å². The molecule has 1 aromatic rings. The number of benzene rings is 1. The van der Waals surface area contributed by atoms with Crippen LogP contribution in [0.15, 0.2) is 23.1 Å². The number of nitrogens with two attached hydrogens (primary N) is 1. The highest BCUT2D eigenvalue weighted by Gasteiger charge is 2.16. The highest BCUT2D eigenvalue weighted by molar-refractivity contribution is 7.89. The van der Waals surface area contributed by atoms with Crippen molar-refractivity contribution >= 4 is 21.4 Å². The van der Waals surface area contributed by atoms with E-state index in [4.69, 9.17) is 5.73 Å². The first-order valence-electron chi connectivity index (χ1n) is 4.58. The Morgan fingerprint density at radius 3 is 2.60 bits per heavy atom. The van der Waals surface area contributed by atoms with Gasteiger partial charge >= 0.3 is 0 Å². The van der Waals surface area contributed by atoms with Gasteiger partial charge in [0.2, 0.25) is 10.0 Å². The number of nitrogens with one attached hydrogen (secondary N) is 2. The van der Waals surface area contributed by atoms with Gasteiger partial charge in [-0.1, -0.05) is 0 Å². The van der Waals surface area contributed by atoms with Crippen LogP contribution >= 0.6 is 0 Å². The molecule has 0 saturated carbocycles. The van der Waals surface area contributed by atoms with E-state index in [1.54, 1.807) is 12.1 Å². The Bertz CT molecular complexity index is 443. The van der Waals surface area contributed by atoms with Gasteiger partial charge in [0.15, 0.2) is 0 Å². The van der Waals surface area contributed by atoms with E-state index in [-0.39, 0.29) is 4.90 Å². The predicted octanol–water partition coefficient (Wildman–Crippen LogP) is 0.609. The Balaban J connectivity index is 3.31. The van der Waals surface area contributed by atoms with Crippen molar-refractivity contribution in [1.82, 2.24) is 4.72 Å². The van der Waals surface area contributed by atoms with Gasteiger partial charge in [0.1, 0.15) is 4.90 Å². The molecule has 0 saturated heterocycles. The van der Waals surface area contributed by atoms with Crippen molar-refractivity contribution in [3.63, 3.8) is 0 Å². The molecule has 0 aromatic heterocycles. The van der Waals surface area contributed by atoms with Crippen LogP contribution in [0.2, 0.25) is 0 Å². The molecular weight excluding hydrogens is 214 g/mol.